The van der Waals surface area contributed by atoms with Gasteiger partial charge in [-0.05, 0) is 19.3 Å². The Bertz CT molecular complexity index is 307. The Hall–Kier alpha value is -1.14. The maximum atomic E-state index is 12.0. The monoisotopic (exact) mass is 273 g/mol. The summed E-state index contributed by atoms with van der Waals surface area (Å²) in [5.74, 6) is -1.47. The average molecular weight is 273 g/mol. The second-order valence-electron chi connectivity index (χ2n) is 4.96. The van der Waals surface area contributed by atoms with Gasteiger partial charge >= 0.3 is 5.97 Å². The summed E-state index contributed by atoms with van der Waals surface area (Å²) < 4.78 is 10.1. The molecule has 0 saturated heterocycles. The number of carboxylic acids is 1. The number of hydrogen-bond acceptors (Lipinski definition) is 4. The van der Waals surface area contributed by atoms with Crippen LogP contribution in [0.3, 0.4) is 0 Å². The topological polar surface area (TPSA) is 84.9 Å². The van der Waals surface area contributed by atoms with Crippen molar-refractivity contribution in [1.82, 2.24) is 5.32 Å². The number of carboxylic acid groups (broad SMARTS) is 1. The van der Waals surface area contributed by atoms with Gasteiger partial charge in [0.25, 0.3) is 0 Å². The van der Waals surface area contributed by atoms with E-state index in [0.29, 0.717) is 26.0 Å². The lowest BCUT2D eigenvalue weighted by Crippen LogP contribution is -2.40. The van der Waals surface area contributed by atoms with Gasteiger partial charge in [0.2, 0.25) is 5.91 Å². The molecule has 1 aliphatic rings. The Morgan fingerprint density at radius 2 is 2.00 bits per heavy atom. The summed E-state index contributed by atoms with van der Waals surface area (Å²) in [5, 5.41) is 11.8. The molecule has 3 unspecified atom stereocenters. The molecule has 0 aliphatic heterocycles. The van der Waals surface area contributed by atoms with Crippen molar-refractivity contribution in [2.45, 2.75) is 31.8 Å². The van der Waals surface area contributed by atoms with E-state index in [2.05, 4.69) is 5.32 Å². The van der Waals surface area contributed by atoms with Crippen LogP contribution in [0.5, 0.6) is 0 Å². The third kappa shape index (κ3) is 5.16. The predicted octanol–water partition coefficient (Wildman–Crippen LogP) is 0.655. The van der Waals surface area contributed by atoms with Gasteiger partial charge in [-0.25, -0.2) is 0 Å². The predicted molar refractivity (Wildman–Crippen MR) is 68.8 cm³/mol. The van der Waals surface area contributed by atoms with E-state index in [-0.39, 0.29) is 23.8 Å². The number of aliphatic carboxylic acids is 1. The first kappa shape index (κ1) is 15.9. The fourth-order valence-electron chi connectivity index (χ4n) is 2.41. The fourth-order valence-corrected chi connectivity index (χ4v) is 2.41. The van der Waals surface area contributed by atoms with Crippen molar-refractivity contribution in [3.63, 3.8) is 0 Å². The number of nitrogens with one attached hydrogen (secondary N) is 1. The lowest BCUT2D eigenvalue weighted by Gasteiger charge is -2.26. The van der Waals surface area contributed by atoms with Crippen molar-refractivity contribution >= 4 is 11.9 Å². The van der Waals surface area contributed by atoms with Crippen LogP contribution < -0.4 is 5.32 Å². The van der Waals surface area contributed by atoms with Crippen molar-refractivity contribution < 1.29 is 24.2 Å². The molecule has 0 aromatic carbocycles. The van der Waals surface area contributed by atoms with Crippen LogP contribution in [0.1, 0.15) is 25.7 Å². The van der Waals surface area contributed by atoms with E-state index in [9.17, 15) is 9.59 Å². The minimum atomic E-state index is -0.799. The maximum Gasteiger partial charge on any atom is 0.306 e. The summed E-state index contributed by atoms with van der Waals surface area (Å²) in [7, 11) is 3.14. The fraction of sp³-hybridized carbons (Fsp3) is 0.846. The van der Waals surface area contributed by atoms with Crippen molar-refractivity contribution in [2.75, 3.05) is 27.4 Å². The summed E-state index contributed by atoms with van der Waals surface area (Å²) in [6.07, 6.45) is 2.48. The first-order valence-electron chi connectivity index (χ1n) is 6.60. The van der Waals surface area contributed by atoms with Crippen LogP contribution in [0.15, 0.2) is 0 Å². The molecule has 6 heteroatoms. The van der Waals surface area contributed by atoms with Crippen LogP contribution in [0.4, 0.5) is 0 Å². The standard InChI is InChI=1S/C13H23NO5/c1-18-8-11(19-2)7-14-12(15)9-4-3-5-10(6-9)13(16)17/h9-11H,3-8H2,1-2H3,(H,14,15)(H,16,17). The second-order valence-corrected chi connectivity index (χ2v) is 4.96. The first-order valence-corrected chi connectivity index (χ1v) is 6.60. The van der Waals surface area contributed by atoms with Crippen LogP contribution in [-0.2, 0) is 19.1 Å². The zero-order chi connectivity index (χ0) is 14.3. The van der Waals surface area contributed by atoms with Gasteiger partial charge in [0.15, 0.2) is 0 Å². The summed E-state index contributed by atoms with van der Waals surface area (Å²) in [5.41, 5.74) is 0. The summed E-state index contributed by atoms with van der Waals surface area (Å²) in [6.45, 7) is 0.802. The largest absolute Gasteiger partial charge is 0.481 e. The van der Waals surface area contributed by atoms with E-state index < -0.39 is 5.97 Å². The lowest BCUT2D eigenvalue weighted by atomic mass is 9.81. The van der Waals surface area contributed by atoms with Crippen molar-refractivity contribution in [2.24, 2.45) is 11.8 Å². The number of carbonyl (C=O) groups is 2. The molecule has 1 saturated carbocycles. The molecule has 1 amide bonds. The third-order valence-corrected chi connectivity index (χ3v) is 3.58. The van der Waals surface area contributed by atoms with Gasteiger partial charge in [0.05, 0.1) is 18.6 Å². The smallest absolute Gasteiger partial charge is 0.306 e. The van der Waals surface area contributed by atoms with Crippen LogP contribution in [0.2, 0.25) is 0 Å². The molecule has 0 radical (unpaired) electrons. The summed E-state index contributed by atoms with van der Waals surface area (Å²) >= 11 is 0. The molecule has 1 fully saturated rings. The van der Waals surface area contributed by atoms with E-state index in [4.69, 9.17) is 14.6 Å². The molecular formula is C13H23NO5. The Labute approximate surface area is 113 Å². The molecule has 3 atom stereocenters. The van der Waals surface area contributed by atoms with Crippen LogP contribution in [0.25, 0.3) is 0 Å². The van der Waals surface area contributed by atoms with E-state index in [1.807, 2.05) is 0 Å². The molecule has 0 aromatic heterocycles. The summed E-state index contributed by atoms with van der Waals surface area (Å²) in [4.78, 5) is 22.9. The average Bonchev–Trinajstić information content (AvgIpc) is 2.43. The van der Waals surface area contributed by atoms with Crippen LogP contribution in [-0.4, -0.2) is 50.5 Å². The molecule has 1 aliphatic carbocycles. The zero-order valence-corrected chi connectivity index (χ0v) is 11.6. The molecule has 1 rings (SSSR count). The highest BCUT2D eigenvalue weighted by molar-refractivity contribution is 5.80. The van der Waals surface area contributed by atoms with Crippen LogP contribution >= 0.6 is 0 Å². The number of ether oxygens (including phenoxy) is 2. The Balaban J connectivity index is 2.38. The van der Waals surface area contributed by atoms with Gasteiger partial charge in [-0.2, -0.15) is 0 Å². The maximum absolute atomic E-state index is 12.0. The molecule has 0 heterocycles. The molecule has 2 N–H and O–H groups in total. The highest BCUT2D eigenvalue weighted by atomic mass is 16.5. The summed E-state index contributed by atoms with van der Waals surface area (Å²) in [6, 6.07) is 0. The number of amides is 1. The molecule has 0 spiro atoms. The zero-order valence-electron chi connectivity index (χ0n) is 11.6. The molecular weight excluding hydrogens is 250 g/mol. The quantitative estimate of drug-likeness (QED) is 0.711. The lowest BCUT2D eigenvalue weighted by molar-refractivity contribution is -0.144. The molecule has 19 heavy (non-hydrogen) atoms. The van der Waals surface area contributed by atoms with Crippen molar-refractivity contribution in [3.05, 3.63) is 0 Å². The van der Waals surface area contributed by atoms with Gasteiger partial charge in [-0.3, -0.25) is 9.59 Å². The van der Waals surface area contributed by atoms with E-state index >= 15 is 0 Å². The van der Waals surface area contributed by atoms with Gasteiger partial charge in [-0.15, -0.1) is 0 Å². The Morgan fingerprint density at radius 3 is 2.58 bits per heavy atom. The number of rotatable bonds is 7. The third-order valence-electron chi connectivity index (χ3n) is 3.58. The van der Waals surface area contributed by atoms with Gasteiger partial charge in [-0.1, -0.05) is 6.42 Å². The minimum Gasteiger partial charge on any atom is -0.481 e. The Morgan fingerprint density at radius 1 is 1.32 bits per heavy atom. The van der Waals surface area contributed by atoms with Gasteiger partial charge in [0, 0.05) is 26.7 Å². The number of hydrogen-bond donors (Lipinski definition) is 2. The van der Waals surface area contributed by atoms with Crippen molar-refractivity contribution in [1.29, 1.82) is 0 Å². The Kier molecular flexibility index (Phi) is 6.80. The number of carbonyl (C=O) groups excluding carboxylic acids is 1. The SMILES string of the molecule is COCC(CNC(=O)C1CCCC(C(=O)O)C1)OC. The van der Waals surface area contributed by atoms with E-state index in [0.717, 1.165) is 12.8 Å². The molecule has 0 bridgehead atoms. The second kappa shape index (κ2) is 8.12. The first-order chi connectivity index (χ1) is 9.08. The van der Waals surface area contributed by atoms with E-state index in [1.54, 1.807) is 14.2 Å². The normalized spacial score (nSPS) is 24.7. The highest BCUT2D eigenvalue weighted by Crippen LogP contribution is 2.29. The molecule has 110 valence electrons. The van der Waals surface area contributed by atoms with Gasteiger partial charge < -0.3 is 19.9 Å². The van der Waals surface area contributed by atoms with Crippen LogP contribution in [0, 0.1) is 11.8 Å². The molecule has 0 aromatic rings. The minimum absolute atomic E-state index is 0.0795. The van der Waals surface area contributed by atoms with Crippen molar-refractivity contribution in [3.8, 4) is 0 Å². The van der Waals surface area contributed by atoms with E-state index in [1.165, 1.54) is 0 Å². The van der Waals surface area contributed by atoms with Gasteiger partial charge in [0.1, 0.15) is 0 Å². The number of methoxy groups -OCH3 is 2. The molecule has 6 nitrogen and oxygen atoms in total. The highest BCUT2D eigenvalue weighted by Gasteiger charge is 2.31.